The Bertz CT molecular complexity index is 630. The molecule has 0 saturated carbocycles. The molecule has 0 atom stereocenters. The fraction of sp³-hybridized carbons (Fsp3) is 0.438. The normalized spacial score (nSPS) is 11.3. The Kier molecular flexibility index (Phi) is 5.13. The first-order valence-electron chi connectivity index (χ1n) is 7.24. The third-order valence-electron chi connectivity index (χ3n) is 3.12. The van der Waals surface area contributed by atoms with E-state index in [9.17, 15) is 4.79 Å². The Morgan fingerprint density at radius 1 is 1.23 bits per heavy atom. The minimum atomic E-state index is -0.0682. The van der Waals surface area contributed by atoms with Gasteiger partial charge in [-0.1, -0.05) is 51.2 Å². The SMILES string of the molecule is CCC(=O)Nc1nnc(COc2ccc(C(C)(C)C)cc2)s1. The molecule has 118 valence electrons. The van der Waals surface area contributed by atoms with Gasteiger partial charge in [0.1, 0.15) is 12.4 Å². The number of carbonyl (C=O) groups excluding carboxylic acids is 1. The van der Waals surface area contributed by atoms with Crippen molar-refractivity contribution in [1.29, 1.82) is 0 Å². The number of nitrogens with one attached hydrogen (secondary N) is 1. The molecule has 2 rings (SSSR count). The summed E-state index contributed by atoms with van der Waals surface area (Å²) in [6, 6.07) is 8.06. The number of ether oxygens (including phenoxy) is 1. The molecule has 0 bridgehead atoms. The van der Waals surface area contributed by atoms with Crippen LogP contribution in [0.1, 0.15) is 44.7 Å². The van der Waals surface area contributed by atoms with E-state index in [4.69, 9.17) is 4.74 Å². The van der Waals surface area contributed by atoms with E-state index in [-0.39, 0.29) is 11.3 Å². The van der Waals surface area contributed by atoms with Gasteiger partial charge in [0, 0.05) is 6.42 Å². The number of anilines is 1. The highest BCUT2D eigenvalue weighted by atomic mass is 32.1. The summed E-state index contributed by atoms with van der Waals surface area (Å²) in [6.07, 6.45) is 0.422. The van der Waals surface area contributed by atoms with Gasteiger partial charge in [-0.05, 0) is 23.1 Å². The number of benzene rings is 1. The van der Waals surface area contributed by atoms with E-state index in [1.807, 2.05) is 12.1 Å². The van der Waals surface area contributed by atoms with Crippen molar-refractivity contribution in [3.63, 3.8) is 0 Å². The largest absolute Gasteiger partial charge is 0.486 e. The molecule has 0 aliphatic carbocycles. The van der Waals surface area contributed by atoms with Crippen molar-refractivity contribution in [2.75, 3.05) is 5.32 Å². The highest BCUT2D eigenvalue weighted by Gasteiger charge is 2.13. The molecule has 1 aromatic heterocycles. The minimum absolute atomic E-state index is 0.0682. The fourth-order valence-electron chi connectivity index (χ4n) is 1.77. The molecule has 0 saturated heterocycles. The summed E-state index contributed by atoms with van der Waals surface area (Å²) in [5, 5.41) is 11.8. The second kappa shape index (κ2) is 6.87. The summed E-state index contributed by atoms with van der Waals surface area (Å²) >= 11 is 1.32. The summed E-state index contributed by atoms with van der Waals surface area (Å²) in [5.74, 6) is 0.726. The number of aromatic nitrogens is 2. The van der Waals surface area contributed by atoms with Crippen LogP contribution in [-0.2, 0) is 16.8 Å². The molecule has 0 aliphatic rings. The zero-order chi connectivity index (χ0) is 16.2. The van der Waals surface area contributed by atoms with Crippen LogP contribution in [0.5, 0.6) is 5.75 Å². The van der Waals surface area contributed by atoms with Crippen LogP contribution in [0.25, 0.3) is 0 Å². The average molecular weight is 319 g/mol. The molecule has 0 radical (unpaired) electrons. The molecular formula is C16H21N3O2S. The van der Waals surface area contributed by atoms with Crippen molar-refractivity contribution in [3.05, 3.63) is 34.8 Å². The van der Waals surface area contributed by atoms with Gasteiger partial charge in [0.05, 0.1) is 0 Å². The number of hydrogen-bond acceptors (Lipinski definition) is 5. The molecule has 1 amide bonds. The zero-order valence-corrected chi connectivity index (χ0v) is 14.2. The maximum absolute atomic E-state index is 11.3. The summed E-state index contributed by atoms with van der Waals surface area (Å²) in [6.45, 7) is 8.67. The number of amides is 1. The van der Waals surface area contributed by atoms with E-state index in [1.54, 1.807) is 6.92 Å². The molecule has 1 N–H and O–H groups in total. The quantitative estimate of drug-likeness (QED) is 0.911. The molecule has 0 fully saturated rings. The number of hydrogen-bond donors (Lipinski definition) is 1. The van der Waals surface area contributed by atoms with Crippen LogP contribution in [0, 0.1) is 0 Å². The average Bonchev–Trinajstić information content (AvgIpc) is 2.92. The van der Waals surface area contributed by atoms with E-state index >= 15 is 0 Å². The third kappa shape index (κ3) is 4.53. The lowest BCUT2D eigenvalue weighted by molar-refractivity contribution is -0.115. The van der Waals surface area contributed by atoms with Crippen molar-refractivity contribution in [3.8, 4) is 5.75 Å². The molecule has 1 heterocycles. The van der Waals surface area contributed by atoms with E-state index in [0.29, 0.717) is 18.2 Å². The molecule has 22 heavy (non-hydrogen) atoms. The van der Waals surface area contributed by atoms with Gasteiger partial charge >= 0.3 is 0 Å². The van der Waals surface area contributed by atoms with Crippen molar-refractivity contribution in [1.82, 2.24) is 10.2 Å². The first-order valence-corrected chi connectivity index (χ1v) is 8.05. The molecule has 5 nitrogen and oxygen atoms in total. The predicted octanol–water partition coefficient (Wildman–Crippen LogP) is 3.76. The monoisotopic (exact) mass is 319 g/mol. The zero-order valence-electron chi connectivity index (χ0n) is 13.3. The third-order valence-corrected chi connectivity index (χ3v) is 3.93. The second-order valence-electron chi connectivity index (χ2n) is 5.97. The molecule has 2 aromatic rings. The van der Waals surface area contributed by atoms with Crippen LogP contribution >= 0.6 is 11.3 Å². The Balaban J connectivity index is 1.91. The highest BCUT2D eigenvalue weighted by molar-refractivity contribution is 7.15. The molecule has 1 aromatic carbocycles. The van der Waals surface area contributed by atoms with Crippen molar-refractivity contribution in [2.24, 2.45) is 0 Å². The summed E-state index contributed by atoms with van der Waals surface area (Å²) in [5.41, 5.74) is 1.39. The Labute approximate surface area is 134 Å². The van der Waals surface area contributed by atoms with E-state index in [2.05, 4.69) is 48.4 Å². The number of nitrogens with zero attached hydrogens (tertiary/aromatic N) is 2. The van der Waals surface area contributed by atoms with Crippen molar-refractivity contribution < 1.29 is 9.53 Å². The molecule has 0 spiro atoms. The van der Waals surface area contributed by atoms with Gasteiger partial charge in [0.15, 0.2) is 5.01 Å². The minimum Gasteiger partial charge on any atom is -0.486 e. The number of carbonyl (C=O) groups is 1. The lowest BCUT2D eigenvalue weighted by Gasteiger charge is -2.19. The molecular weight excluding hydrogens is 298 g/mol. The predicted molar refractivity (Wildman–Crippen MR) is 88.3 cm³/mol. The van der Waals surface area contributed by atoms with Gasteiger partial charge < -0.3 is 10.1 Å². The summed E-state index contributed by atoms with van der Waals surface area (Å²) in [4.78, 5) is 11.3. The fourth-order valence-corrected chi connectivity index (χ4v) is 2.44. The van der Waals surface area contributed by atoms with Gasteiger partial charge in [0.2, 0.25) is 11.0 Å². The van der Waals surface area contributed by atoms with Crippen LogP contribution in [0.2, 0.25) is 0 Å². The van der Waals surface area contributed by atoms with E-state index in [0.717, 1.165) is 10.8 Å². The van der Waals surface area contributed by atoms with Crippen LogP contribution < -0.4 is 10.1 Å². The molecule has 6 heteroatoms. The van der Waals surface area contributed by atoms with Gasteiger partial charge in [-0.3, -0.25) is 4.79 Å². The molecule has 0 unspecified atom stereocenters. The van der Waals surface area contributed by atoms with E-state index in [1.165, 1.54) is 16.9 Å². The molecule has 0 aliphatic heterocycles. The maximum atomic E-state index is 11.3. The Morgan fingerprint density at radius 2 is 1.91 bits per heavy atom. The van der Waals surface area contributed by atoms with Crippen LogP contribution in [0.3, 0.4) is 0 Å². The lowest BCUT2D eigenvalue weighted by atomic mass is 9.87. The topological polar surface area (TPSA) is 64.1 Å². The van der Waals surface area contributed by atoms with Gasteiger partial charge in [-0.15, -0.1) is 10.2 Å². The lowest BCUT2D eigenvalue weighted by Crippen LogP contribution is -2.10. The second-order valence-corrected chi connectivity index (χ2v) is 7.03. The highest BCUT2D eigenvalue weighted by Crippen LogP contribution is 2.25. The van der Waals surface area contributed by atoms with Crippen LogP contribution in [0.15, 0.2) is 24.3 Å². The van der Waals surface area contributed by atoms with Crippen LogP contribution in [-0.4, -0.2) is 16.1 Å². The van der Waals surface area contributed by atoms with Gasteiger partial charge in [-0.2, -0.15) is 0 Å². The number of rotatable bonds is 5. The summed E-state index contributed by atoms with van der Waals surface area (Å²) in [7, 11) is 0. The van der Waals surface area contributed by atoms with Gasteiger partial charge in [-0.25, -0.2) is 0 Å². The van der Waals surface area contributed by atoms with Crippen molar-refractivity contribution in [2.45, 2.75) is 46.1 Å². The Morgan fingerprint density at radius 3 is 2.50 bits per heavy atom. The van der Waals surface area contributed by atoms with E-state index < -0.39 is 0 Å². The van der Waals surface area contributed by atoms with Crippen molar-refractivity contribution >= 4 is 22.4 Å². The first kappa shape index (κ1) is 16.4. The summed E-state index contributed by atoms with van der Waals surface area (Å²) < 4.78 is 5.70. The van der Waals surface area contributed by atoms with Crippen LogP contribution in [0.4, 0.5) is 5.13 Å². The standard InChI is InChI=1S/C16H21N3O2S/c1-5-13(20)17-15-19-18-14(22-15)10-21-12-8-6-11(7-9-12)16(2,3)4/h6-9H,5,10H2,1-4H3,(H,17,19,20). The Hall–Kier alpha value is -1.95. The smallest absolute Gasteiger partial charge is 0.225 e. The maximum Gasteiger partial charge on any atom is 0.225 e. The first-order chi connectivity index (χ1) is 10.4. The van der Waals surface area contributed by atoms with Gasteiger partial charge in [0.25, 0.3) is 0 Å².